The first-order valence-electron chi connectivity index (χ1n) is 6.20. The van der Waals surface area contributed by atoms with E-state index in [1.165, 1.54) is 6.42 Å². The smallest absolute Gasteiger partial charge is 0.128 e. The Kier molecular flexibility index (Phi) is 4.05. The van der Waals surface area contributed by atoms with Crippen LogP contribution in [0.3, 0.4) is 0 Å². The Morgan fingerprint density at radius 3 is 2.82 bits per heavy atom. The topological polar surface area (TPSA) is 19.4 Å². The summed E-state index contributed by atoms with van der Waals surface area (Å²) in [4.78, 5) is 9.49. The summed E-state index contributed by atoms with van der Waals surface area (Å²) in [6.07, 6.45) is 1.20. The van der Waals surface area contributed by atoms with Crippen LogP contribution < -0.4 is 4.90 Å². The molecule has 1 atom stereocenters. The van der Waals surface area contributed by atoms with E-state index < -0.39 is 0 Å². The lowest BCUT2D eigenvalue weighted by molar-refractivity contribution is 0.213. The predicted octanol–water partition coefficient (Wildman–Crippen LogP) is 2.68. The molecule has 94 valence electrons. The zero-order valence-electron chi connectivity index (χ0n) is 10.8. The van der Waals surface area contributed by atoms with Gasteiger partial charge in [-0.1, -0.05) is 6.92 Å². The maximum absolute atomic E-state index is 4.65. The molecule has 2 rings (SSSR count). The Bertz CT molecular complexity index is 394. The lowest BCUT2D eigenvalue weighted by Crippen LogP contribution is -2.51. The number of hydrogen-bond acceptors (Lipinski definition) is 3. The number of pyridine rings is 1. The average molecular weight is 298 g/mol. The van der Waals surface area contributed by atoms with Gasteiger partial charge in [-0.05, 0) is 48.5 Å². The molecule has 17 heavy (non-hydrogen) atoms. The molecule has 0 radical (unpaired) electrons. The van der Waals surface area contributed by atoms with Gasteiger partial charge in [-0.2, -0.15) is 0 Å². The monoisotopic (exact) mass is 297 g/mol. The molecule has 2 heterocycles. The molecule has 1 aromatic heterocycles. The van der Waals surface area contributed by atoms with Crippen LogP contribution in [0.15, 0.2) is 16.6 Å². The molecule has 3 nitrogen and oxygen atoms in total. The van der Waals surface area contributed by atoms with Gasteiger partial charge in [-0.3, -0.25) is 4.90 Å². The van der Waals surface area contributed by atoms with Crippen LogP contribution in [0, 0.1) is 6.92 Å². The summed E-state index contributed by atoms with van der Waals surface area (Å²) in [7, 11) is 2.21. The Morgan fingerprint density at radius 1 is 1.41 bits per heavy atom. The third-order valence-electron chi connectivity index (χ3n) is 3.58. The van der Waals surface area contributed by atoms with Crippen LogP contribution in [0.5, 0.6) is 0 Å². The van der Waals surface area contributed by atoms with Gasteiger partial charge < -0.3 is 4.90 Å². The predicted molar refractivity (Wildman–Crippen MR) is 75.6 cm³/mol. The summed E-state index contributed by atoms with van der Waals surface area (Å²) in [5.74, 6) is 1.11. The molecule has 1 fully saturated rings. The number of piperazine rings is 1. The lowest BCUT2D eigenvalue weighted by atomic mass is 10.1. The van der Waals surface area contributed by atoms with Crippen LogP contribution in [0.1, 0.15) is 19.0 Å². The van der Waals surface area contributed by atoms with Gasteiger partial charge in [0, 0.05) is 30.1 Å². The van der Waals surface area contributed by atoms with E-state index in [4.69, 9.17) is 0 Å². The summed E-state index contributed by atoms with van der Waals surface area (Å²) in [5, 5.41) is 0. The van der Waals surface area contributed by atoms with E-state index in [1.807, 2.05) is 6.92 Å². The second kappa shape index (κ2) is 5.36. The maximum atomic E-state index is 4.65. The third kappa shape index (κ3) is 2.80. The molecule has 0 bridgehead atoms. The summed E-state index contributed by atoms with van der Waals surface area (Å²) in [5.41, 5.74) is 1.06. The molecule has 1 saturated heterocycles. The van der Waals surface area contributed by atoms with Crippen molar-refractivity contribution in [3.63, 3.8) is 0 Å². The molecular weight excluding hydrogens is 278 g/mol. The molecule has 1 aromatic rings. The van der Waals surface area contributed by atoms with Crippen molar-refractivity contribution in [2.45, 2.75) is 26.3 Å². The van der Waals surface area contributed by atoms with E-state index >= 15 is 0 Å². The Hall–Kier alpha value is -0.610. The van der Waals surface area contributed by atoms with Gasteiger partial charge in [0.25, 0.3) is 0 Å². The highest BCUT2D eigenvalue weighted by Crippen LogP contribution is 2.21. The fourth-order valence-electron chi connectivity index (χ4n) is 2.30. The number of aromatic nitrogens is 1. The second-order valence-corrected chi connectivity index (χ2v) is 5.58. The molecular formula is C13H20BrN3. The van der Waals surface area contributed by atoms with E-state index in [0.717, 1.165) is 35.6 Å². The van der Waals surface area contributed by atoms with E-state index in [1.54, 1.807) is 0 Å². The fourth-order valence-corrected chi connectivity index (χ4v) is 2.52. The highest BCUT2D eigenvalue weighted by molar-refractivity contribution is 9.10. The summed E-state index contributed by atoms with van der Waals surface area (Å²) in [6, 6.07) is 4.85. The standard InChI is InChI=1S/C13H20BrN3/c1-4-11-9-17(8-7-16(11)3)13-6-5-12(14)10(2)15-13/h5-6,11H,4,7-9H2,1-3H3. The van der Waals surface area contributed by atoms with E-state index in [9.17, 15) is 0 Å². The van der Waals surface area contributed by atoms with Crippen molar-refractivity contribution >= 4 is 21.7 Å². The molecule has 1 unspecified atom stereocenters. The van der Waals surface area contributed by atoms with Crippen LogP contribution in [0.25, 0.3) is 0 Å². The molecule has 0 N–H and O–H groups in total. The van der Waals surface area contributed by atoms with Crippen LogP contribution in [-0.2, 0) is 0 Å². The number of likely N-dealkylation sites (N-methyl/N-ethyl adjacent to an activating group) is 1. The first kappa shape index (κ1) is 12.8. The molecule has 1 aliphatic heterocycles. The SMILES string of the molecule is CCC1CN(c2ccc(Br)c(C)n2)CCN1C. The van der Waals surface area contributed by atoms with Crippen molar-refractivity contribution in [3.8, 4) is 0 Å². The van der Waals surface area contributed by atoms with Gasteiger partial charge in [0.05, 0.1) is 5.69 Å². The van der Waals surface area contributed by atoms with Gasteiger partial charge >= 0.3 is 0 Å². The van der Waals surface area contributed by atoms with Gasteiger partial charge in [0.1, 0.15) is 5.82 Å². The Morgan fingerprint density at radius 2 is 2.18 bits per heavy atom. The van der Waals surface area contributed by atoms with Crippen LogP contribution in [0.2, 0.25) is 0 Å². The largest absolute Gasteiger partial charge is 0.354 e. The number of nitrogens with zero attached hydrogens (tertiary/aromatic N) is 3. The fraction of sp³-hybridized carbons (Fsp3) is 0.615. The second-order valence-electron chi connectivity index (χ2n) is 4.73. The average Bonchev–Trinajstić information content (AvgIpc) is 2.33. The molecule has 0 aromatic carbocycles. The quantitative estimate of drug-likeness (QED) is 0.837. The molecule has 0 spiro atoms. The van der Waals surface area contributed by atoms with E-state index in [2.05, 4.69) is 56.8 Å². The van der Waals surface area contributed by atoms with Crippen molar-refractivity contribution in [1.29, 1.82) is 0 Å². The molecule has 1 aliphatic rings. The highest BCUT2D eigenvalue weighted by atomic mass is 79.9. The van der Waals surface area contributed by atoms with E-state index in [-0.39, 0.29) is 0 Å². The number of rotatable bonds is 2. The zero-order valence-corrected chi connectivity index (χ0v) is 12.4. The number of hydrogen-bond donors (Lipinski definition) is 0. The van der Waals surface area contributed by atoms with Gasteiger partial charge in [-0.25, -0.2) is 4.98 Å². The van der Waals surface area contributed by atoms with Crippen molar-refractivity contribution in [1.82, 2.24) is 9.88 Å². The molecule has 0 aliphatic carbocycles. The zero-order chi connectivity index (χ0) is 12.4. The van der Waals surface area contributed by atoms with Crippen LogP contribution in [0.4, 0.5) is 5.82 Å². The maximum Gasteiger partial charge on any atom is 0.128 e. The van der Waals surface area contributed by atoms with Gasteiger partial charge in [-0.15, -0.1) is 0 Å². The molecule has 4 heteroatoms. The van der Waals surface area contributed by atoms with Crippen molar-refractivity contribution in [2.24, 2.45) is 0 Å². The number of aryl methyl sites for hydroxylation is 1. The third-order valence-corrected chi connectivity index (χ3v) is 4.42. The van der Waals surface area contributed by atoms with Crippen LogP contribution in [-0.4, -0.2) is 42.6 Å². The first-order chi connectivity index (χ1) is 8.11. The van der Waals surface area contributed by atoms with Crippen LogP contribution >= 0.6 is 15.9 Å². The molecule has 0 amide bonds. The number of halogens is 1. The van der Waals surface area contributed by atoms with Crippen molar-refractivity contribution in [3.05, 3.63) is 22.3 Å². The Balaban J connectivity index is 2.14. The minimum Gasteiger partial charge on any atom is -0.354 e. The van der Waals surface area contributed by atoms with Crippen molar-refractivity contribution < 1.29 is 0 Å². The summed E-state index contributed by atoms with van der Waals surface area (Å²) in [6.45, 7) is 7.57. The summed E-state index contributed by atoms with van der Waals surface area (Å²) >= 11 is 3.50. The van der Waals surface area contributed by atoms with Gasteiger partial charge in [0.15, 0.2) is 0 Å². The molecule has 0 saturated carbocycles. The Labute approximate surface area is 112 Å². The first-order valence-corrected chi connectivity index (χ1v) is 6.99. The van der Waals surface area contributed by atoms with Crippen molar-refractivity contribution in [2.75, 3.05) is 31.6 Å². The normalized spacial score (nSPS) is 21.9. The lowest BCUT2D eigenvalue weighted by Gasteiger charge is -2.39. The summed E-state index contributed by atoms with van der Waals surface area (Å²) < 4.78 is 1.09. The van der Waals surface area contributed by atoms with E-state index in [0.29, 0.717) is 6.04 Å². The highest BCUT2D eigenvalue weighted by Gasteiger charge is 2.23. The van der Waals surface area contributed by atoms with Gasteiger partial charge in [0.2, 0.25) is 0 Å². The number of anilines is 1. The minimum absolute atomic E-state index is 0.648. The minimum atomic E-state index is 0.648.